The molecule has 1 fully saturated rings. The van der Waals surface area contributed by atoms with Gasteiger partial charge in [0.2, 0.25) is 5.91 Å². The Kier molecular flexibility index (Phi) is 4.36. The van der Waals surface area contributed by atoms with Crippen molar-refractivity contribution >= 4 is 17.2 Å². The first-order valence-electron chi connectivity index (χ1n) is 7.30. The highest BCUT2D eigenvalue weighted by atomic mass is 32.1. The number of imidazole rings is 1. The van der Waals surface area contributed by atoms with Crippen LogP contribution in [0.4, 0.5) is 0 Å². The normalized spacial score (nSPS) is 20.8. The van der Waals surface area contributed by atoms with Gasteiger partial charge in [0.05, 0.1) is 6.04 Å². The Labute approximate surface area is 128 Å². The summed E-state index contributed by atoms with van der Waals surface area (Å²) in [6.45, 7) is 0.781. The van der Waals surface area contributed by atoms with Crippen LogP contribution in [0.15, 0.2) is 29.9 Å². The minimum atomic E-state index is -0.156. The van der Waals surface area contributed by atoms with Crippen molar-refractivity contribution in [3.63, 3.8) is 0 Å². The van der Waals surface area contributed by atoms with Gasteiger partial charge >= 0.3 is 0 Å². The first-order valence-corrected chi connectivity index (χ1v) is 8.18. The molecule has 0 aliphatic carbocycles. The van der Waals surface area contributed by atoms with Crippen molar-refractivity contribution in [1.82, 2.24) is 20.2 Å². The average Bonchev–Trinajstić information content (AvgIpc) is 3.10. The van der Waals surface area contributed by atoms with Gasteiger partial charge in [0, 0.05) is 30.9 Å². The van der Waals surface area contributed by atoms with Crippen molar-refractivity contribution in [3.8, 4) is 0 Å². The fourth-order valence-electron chi connectivity index (χ4n) is 2.69. The molecule has 0 saturated carbocycles. The summed E-state index contributed by atoms with van der Waals surface area (Å²) in [5.41, 5.74) is 0. The van der Waals surface area contributed by atoms with Crippen molar-refractivity contribution in [2.24, 2.45) is 7.05 Å². The second kappa shape index (κ2) is 6.41. The molecular weight excluding hydrogens is 284 g/mol. The lowest BCUT2D eigenvalue weighted by molar-refractivity contribution is -0.123. The molecule has 2 aromatic heterocycles. The molecule has 112 valence electrons. The molecule has 1 aliphatic heterocycles. The number of hydrogen-bond donors (Lipinski definition) is 2. The van der Waals surface area contributed by atoms with E-state index in [1.165, 1.54) is 4.88 Å². The van der Waals surface area contributed by atoms with Crippen LogP contribution in [-0.2, 0) is 11.8 Å². The van der Waals surface area contributed by atoms with Gasteiger partial charge in [0.1, 0.15) is 11.9 Å². The maximum atomic E-state index is 12.2. The fraction of sp³-hybridized carbons (Fsp3) is 0.467. The van der Waals surface area contributed by atoms with Crippen molar-refractivity contribution in [3.05, 3.63) is 40.6 Å². The third kappa shape index (κ3) is 3.16. The molecule has 1 saturated heterocycles. The van der Waals surface area contributed by atoms with Crippen LogP contribution >= 0.6 is 11.3 Å². The number of nitrogens with zero attached hydrogens (tertiary/aromatic N) is 2. The minimum absolute atomic E-state index is 0.0427. The van der Waals surface area contributed by atoms with Gasteiger partial charge in [-0.1, -0.05) is 6.07 Å². The third-order valence-corrected chi connectivity index (χ3v) is 4.78. The van der Waals surface area contributed by atoms with Crippen molar-refractivity contribution in [2.75, 3.05) is 6.54 Å². The van der Waals surface area contributed by atoms with Gasteiger partial charge in [-0.3, -0.25) is 10.1 Å². The summed E-state index contributed by atoms with van der Waals surface area (Å²) in [5.74, 6) is 1.04. The molecule has 1 aliphatic rings. The highest BCUT2D eigenvalue weighted by Gasteiger charge is 2.27. The Balaban J connectivity index is 1.86. The Morgan fingerprint density at radius 3 is 3.14 bits per heavy atom. The van der Waals surface area contributed by atoms with Crippen LogP contribution < -0.4 is 10.6 Å². The first kappa shape index (κ1) is 14.3. The number of aromatic nitrogens is 2. The maximum absolute atomic E-state index is 12.2. The van der Waals surface area contributed by atoms with Crippen LogP contribution in [-0.4, -0.2) is 28.0 Å². The van der Waals surface area contributed by atoms with Crippen LogP contribution in [0.5, 0.6) is 0 Å². The zero-order valence-electron chi connectivity index (χ0n) is 12.1. The van der Waals surface area contributed by atoms with Gasteiger partial charge in [-0.05, 0) is 30.7 Å². The molecule has 0 bridgehead atoms. The van der Waals surface area contributed by atoms with Crippen LogP contribution in [0.3, 0.4) is 0 Å². The lowest BCUT2D eigenvalue weighted by Gasteiger charge is -2.23. The summed E-state index contributed by atoms with van der Waals surface area (Å²) in [6.07, 6.45) is 6.72. The van der Waals surface area contributed by atoms with Gasteiger partial charge in [-0.2, -0.15) is 0 Å². The number of rotatable bonds is 4. The SMILES string of the molecule is Cn1ccnc1C(NC1CCCCNC1=O)c1cccs1. The molecule has 2 N–H and O–H groups in total. The summed E-state index contributed by atoms with van der Waals surface area (Å²) < 4.78 is 2.01. The van der Waals surface area contributed by atoms with Crippen molar-refractivity contribution < 1.29 is 4.79 Å². The number of carbonyl (C=O) groups excluding carboxylic acids is 1. The number of carbonyl (C=O) groups is 1. The largest absolute Gasteiger partial charge is 0.355 e. The molecule has 0 aromatic carbocycles. The Morgan fingerprint density at radius 1 is 1.52 bits per heavy atom. The van der Waals surface area contributed by atoms with E-state index in [4.69, 9.17) is 0 Å². The first-order chi connectivity index (χ1) is 10.3. The summed E-state index contributed by atoms with van der Waals surface area (Å²) in [4.78, 5) is 17.8. The molecule has 5 nitrogen and oxygen atoms in total. The van der Waals surface area contributed by atoms with E-state index in [2.05, 4.69) is 27.1 Å². The lowest BCUT2D eigenvalue weighted by atomic mass is 10.1. The Hall–Kier alpha value is -1.66. The summed E-state index contributed by atoms with van der Waals surface area (Å²) in [7, 11) is 1.98. The summed E-state index contributed by atoms with van der Waals surface area (Å²) >= 11 is 1.69. The smallest absolute Gasteiger partial charge is 0.237 e. The fourth-order valence-corrected chi connectivity index (χ4v) is 3.48. The molecule has 2 aromatic rings. The van der Waals surface area contributed by atoms with Gasteiger partial charge in [0.15, 0.2) is 0 Å². The average molecular weight is 304 g/mol. The third-order valence-electron chi connectivity index (χ3n) is 3.85. The Bertz CT molecular complexity index is 593. The van der Waals surface area contributed by atoms with Crippen LogP contribution in [0.25, 0.3) is 0 Å². The van der Waals surface area contributed by atoms with E-state index in [9.17, 15) is 4.79 Å². The summed E-state index contributed by atoms with van der Waals surface area (Å²) in [5, 5.41) is 8.54. The van der Waals surface area contributed by atoms with Gasteiger partial charge in [-0.15, -0.1) is 11.3 Å². The summed E-state index contributed by atoms with van der Waals surface area (Å²) in [6, 6.07) is 3.92. The zero-order chi connectivity index (χ0) is 14.7. The molecular formula is C15H20N4OS. The number of nitrogens with one attached hydrogen (secondary N) is 2. The molecule has 2 atom stereocenters. The Morgan fingerprint density at radius 2 is 2.43 bits per heavy atom. The van der Waals surface area contributed by atoms with E-state index < -0.39 is 0 Å². The second-order valence-corrected chi connectivity index (χ2v) is 6.33. The minimum Gasteiger partial charge on any atom is -0.355 e. The van der Waals surface area contributed by atoms with Crippen molar-refractivity contribution in [2.45, 2.75) is 31.3 Å². The quantitative estimate of drug-likeness (QED) is 0.906. The highest BCUT2D eigenvalue weighted by molar-refractivity contribution is 7.10. The number of hydrogen-bond acceptors (Lipinski definition) is 4. The van der Waals surface area contributed by atoms with Crippen molar-refractivity contribution in [1.29, 1.82) is 0 Å². The molecule has 0 radical (unpaired) electrons. The van der Waals surface area contributed by atoms with E-state index in [-0.39, 0.29) is 18.0 Å². The molecule has 3 rings (SSSR count). The standard InChI is InChI=1S/C15H20N4OS/c1-19-9-8-16-14(19)13(12-6-4-10-21-12)18-11-5-2-3-7-17-15(11)20/h4,6,8-11,13,18H,2-3,5,7H2,1H3,(H,17,20). The molecule has 2 unspecified atom stereocenters. The van der Waals surface area contributed by atoms with Gasteiger partial charge in [0.25, 0.3) is 0 Å². The zero-order valence-corrected chi connectivity index (χ0v) is 12.9. The predicted octanol–water partition coefficient (Wildman–Crippen LogP) is 1.83. The maximum Gasteiger partial charge on any atom is 0.237 e. The number of amides is 1. The van der Waals surface area contributed by atoms with E-state index >= 15 is 0 Å². The molecule has 21 heavy (non-hydrogen) atoms. The van der Waals surface area contributed by atoms with Crippen LogP contribution in [0.2, 0.25) is 0 Å². The molecule has 0 spiro atoms. The van der Waals surface area contributed by atoms with E-state index in [1.54, 1.807) is 17.5 Å². The van der Waals surface area contributed by atoms with Crippen LogP contribution in [0, 0.1) is 0 Å². The second-order valence-electron chi connectivity index (χ2n) is 5.35. The topological polar surface area (TPSA) is 59.0 Å². The molecule has 6 heteroatoms. The number of thiophene rings is 1. The van der Waals surface area contributed by atoms with Gasteiger partial charge < -0.3 is 9.88 Å². The predicted molar refractivity (Wildman–Crippen MR) is 83.2 cm³/mol. The van der Waals surface area contributed by atoms with Gasteiger partial charge in [-0.25, -0.2) is 4.98 Å². The van der Waals surface area contributed by atoms with E-state index in [0.29, 0.717) is 0 Å². The highest BCUT2D eigenvalue weighted by Crippen LogP contribution is 2.26. The van der Waals surface area contributed by atoms with E-state index in [0.717, 1.165) is 31.6 Å². The lowest BCUT2D eigenvalue weighted by Crippen LogP contribution is -2.44. The van der Waals surface area contributed by atoms with E-state index in [1.807, 2.05) is 23.9 Å². The number of aryl methyl sites for hydroxylation is 1. The monoisotopic (exact) mass is 304 g/mol. The van der Waals surface area contributed by atoms with Crippen LogP contribution in [0.1, 0.15) is 36.0 Å². The molecule has 3 heterocycles. The molecule has 1 amide bonds.